The van der Waals surface area contributed by atoms with Gasteiger partial charge in [-0.3, -0.25) is 4.57 Å². The van der Waals surface area contributed by atoms with Crippen LogP contribution in [0.1, 0.15) is 22.3 Å². The predicted octanol–water partition coefficient (Wildman–Crippen LogP) is 7.37. The molecule has 1 aliphatic heterocycles. The van der Waals surface area contributed by atoms with E-state index in [9.17, 15) is 0 Å². The quantitative estimate of drug-likeness (QED) is 0.265. The minimum absolute atomic E-state index is 0.368. The number of para-hydroxylation sites is 2. The first-order chi connectivity index (χ1) is 16.9. The zero-order chi connectivity index (χ0) is 22.3. The molecule has 1 aromatic heterocycles. The van der Waals surface area contributed by atoms with Gasteiger partial charge in [0.15, 0.2) is 0 Å². The van der Waals surface area contributed by atoms with E-state index < -0.39 is 0 Å². The van der Waals surface area contributed by atoms with Crippen molar-refractivity contribution in [3.05, 3.63) is 144 Å². The molecule has 1 spiro atoms. The Kier molecular flexibility index (Phi) is 3.36. The first kappa shape index (κ1) is 18.0. The highest BCUT2D eigenvalue weighted by atomic mass is 15.1. The monoisotopic (exact) mass is 432 g/mol. The molecule has 0 atom stereocenters. The van der Waals surface area contributed by atoms with Gasteiger partial charge in [0, 0.05) is 5.56 Å². The predicted molar refractivity (Wildman–Crippen MR) is 137 cm³/mol. The molecular weight excluding hydrogens is 412 g/mol. The van der Waals surface area contributed by atoms with Crippen molar-refractivity contribution in [1.82, 2.24) is 9.55 Å². The van der Waals surface area contributed by atoms with E-state index in [4.69, 9.17) is 4.98 Å². The average Bonchev–Trinajstić information content (AvgIpc) is 3.44. The molecule has 158 valence electrons. The minimum atomic E-state index is -0.368. The van der Waals surface area contributed by atoms with Crippen LogP contribution >= 0.6 is 0 Å². The van der Waals surface area contributed by atoms with Crippen LogP contribution in [0.5, 0.6) is 0 Å². The Labute approximate surface area is 197 Å². The largest absolute Gasteiger partial charge is 0.292 e. The molecule has 0 radical (unpaired) electrons. The van der Waals surface area contributed by atoms with E-state index in [0.717, 1.165) is 16.9 Å². The first-order valence-electron chi connectivity index (χ1n) is 11.8. The molecule has 0 saturated heterocycles. The Hall–Kier alpha value is -4.43. The third-order valence-electron chi connectivity index (χ3n) is 7.61. The van der Waals surface area contributed by atoms with Crippen molar-refractivity contribution in [3.63, 3.8) is 0 Å². The van der Waals surface area contributed by atoms with Gasteiger partial charge in [0.25, 0.3) is 0 Å². The van der Waals surface area contributed by atoms with Gasteiger partial charge in [0.1, 0.15) is 5.82 Å². The third kappa shape index (κ3) is 2.00. The number of fused-ring (bicyclic) bond motifs is 9. The Bertz CT molecular complexity index is 1710. The summed E-state index contributed by atoms with van der Waals surface area (Å²) in [5.41, 5.74) is 12.2. The average molecular weight is 433 g/mol. The standard InChI is InChI=1S/C32H20N2/c1-2-11-21(12-3-1)31-33-28-19-10-18-27-30(28)34(31)29-20-9-8-17-26(29)32(27)24-15-6-4-13-22(24)23-14-5-7-16-25(23)32/h1-20H. The van der Waals surface area contributed by atoms with Crippen molar-refractivity contribution in [3.8, 4) is 28.2 Å². The second-order valence-corrected chi connectivity index (χ2v) is 9.17. The first-order valence-corrected chi connectivity index (χ1v) is 11.8. The molecule has 8 rings (SSSR count). The molecule has 2 heteroatoms. The van der Waals surface area contributed by atoms with Crippen LogP contribution in [-0.4, -0.2) is 9.55 Å². The molecule has 0 fully saturated rings. The van der Waals surface area contributed by atoms with Gasteiger partial charge in [-0.2, -0.15) is 0 Å². The van der Waals surface area contributed by atoms with Crippen LogP contribution in [0.2, 0.25) is 0 Å². The zero-order valence-corrected chi connectivity index (χ0v) is 18.4. The van der Waals surface area contributed by atoms with Crippen LogP contribution in [-0.2, 0) is 5.41 Å². The van der Waals surface area contributed by atoms with Crippen molar-refractivity contribution in [2.24, 2.45) is 0 Å². The fourth-order valence-corrected chi connectivity index (χ4v) is 6.39. The van der Waals surface area contributed by atoms with E-state index in [0.29, 0.717) is 0 Å². The summed E-state index contributed by atoms with van der Waals surface area (Å²) < 4.78 is 2.38. The molecule has 1 aliphatic carbocycles. The lowest BCUT2D eigenvalue weighted by molar-refractivity contribution is 0.746. The lowest BCUT2D eigenvalue weighted by atomic mass is 9.65. The van der Waals surface area contributed by atoms with Gasteiger partial charge in [-0.25, -0.2) is 4.98 Å². The summed E-state index contributed by atoms with van der Waals surface area (Å²) in [7, 11) is 0. The van der Waals surface area contributed by atoms with Crippen LogP contribution in [0, 0.1) is 0 Å². The highest BCUT2D eigenvalue weighted by Gasteiger charge is 2.50. The number of aromatic nitrogens is 2. The van der Waals surface area contributed by atoms with Crippen molar-refractivity contribution in [2.75, 3.05) is 0 Å². The summed E-state index contributed by atoms with van der Waals surface area (Å²) in [5.74, 6) is 0.991. The summed E-state index contributed by atoms with van der Waals surface area (Å²) >= 11 is 0. The number of imidazole rings is 1. The summed E-state index contributed by atoms with van der Waals surface area (Å²) in [6.45, 7) is 0. The number of hydrogen-bond acceptors (Lipinski definition) is 1. The van der Waals surface area contributed by atoms with Gasteiger partial charge >= 0.3 is 0 Å². The molecule has 0 amide bonds. The van der Waals surface area contributed by atoms with Crippen LogP contribution in [0.4, 0.5) is 0 Å². The second kappa shape index (κ2) is 6.33. The summed E-state index contributed by atoms with van der Waals surface area (Å²) in [6.07, 6.45) is 0. The Morgan fingerprint density at radius 1 is 0.500 bits per heavy atom. The number of nitrogens with zero attached hydrogens (tertiary/aromatic N) is 2. The maximum atomic E-state index is 5.18. The molecule has 2 heterocycles. The molecule has 5 aromatic carbocycles. The maximum Gasteiger partial charge on any atom is 0.145 e. The van der Waals surface area contributed by atoms with Crippen LogP contribution in [0.15, 0.2) is 121 Å². The Balaban J connectivity index is 1.62. The van der Waals surface area contributed by atoms with Crippen molar-refractivity contribution in [1.29, 1.82) is 0 Å². The summed E-state index contributed by atoms with van der Waals surface area (Å²) in [4.78, 5) is 5.18. The number of rotatable bonds is 1. The minimum Gasteiger partial charge on any atom is -0.292 e. The van der Waals surface area contributed by atoms with Crippen molar-refractivity contribution >= 4 is 11.0 Å². The van der Waals surface area contributed by atoms with Crippen LogP contribution in [0.25, 0.3) is 39.2 Å². The zero-order valence-electron chi connectivity index (χ0n) is 18.4. The molecule has 34 heavy (non-hydrogen) atoms. The van der Waals surface area contributed by atoms with Crippen LogP contribution in [0.3, 0.4) is 0 Å². The van der Waals surface area contributed by atoms with E-state index in [-0.39, 0.29) is 5.41 Å². The van der Waals surface area contributed by atoms with Crippen LogP contribution < -0.4 is 0 Å². The highest BCUT2D eigenvalue weighted by Crippen LogP contribution is 2.60. The van der Waals surface area contributed by atoms with E-state index in [2.05, 4.69) is 126 Å². The second-order valence-electron chi connectivity index (χ2n) is 9.17. The molecule has 2 aliphatic rings. The lowest BCUT2D eigenvalue weighted by Crippen LogP contribution is -2.33. The molecular formula is C32H20N2. The summed E-state index contributed by atoms with van der Waals surface area (Å²) in [6, 6.07) is 43.9. The normalized spacial score (nSPS) is 14.1. The van der Waals surface area contributed by atoms with Gasteiger partial charge in [0.05, 0.1) is 22.1 Å². The molecule has 2 nitrogen and oxygen atoms in total. The van der Waals surface area contributed by atoms with Gasteiger partial charge in [-0.15, -0.1) is 0 Å². The maximum absolute atomic E-state index is 5.18. The SMILES string of the molecule is c1ccc(-c2nc3cccc4c3n2-c2ccccc2C42c3ccccc3-c3ccccc32)cc1. The molecule has 0 saturated carbocycles. The summed E-state index contributed by atoms with van der Waals surface area (Å²) in [5, 5.41) is 0. The topological polar surface area (TPSA) is 17.8 Å². The van der Waals surface area contributed by atoms with Crippen molar-refractivity contribution in [2.45, 2.75) is 5.41 Å². The lowest BCUT2D eigenvalue weighted by Gasteiger charge is -2.39. The molecule has 6 aromatic rings. The fourth-order valence-electron chi connectivity index (χ4n) is 6.39. The third-order valence-corrected chi connectivity index (χ3v) is 7.61. The Morgan fingerprint density at radius 2 is 1.09 bits per heavy atom. The number of benzene rings is 5. The molecule has 0 N–H and O–H groups in total. The smallest absolute Gasteiger partial charge is 0.145 e. The van der Waals surface area contributed by atoms with E-state index in [1.54, 1.807) is 0 Å². The molecule has 0 unspecified atom stereocenters. The fraction of sp³-hybridized carbons (Fsp3) is 0.0312. The highest BCUT2D eigenvalue weighted by molar-refractivity contribution is 5.97. The van der Waals surface area contributed by atoms with Gasteiger partial charge in [-0.05, 0) is 45.5 Å². The van der Waals surface area contributed by atoms with E-state index in [1.807, 2.05) is 0 Å². The van der Waals surface area contributed by atoms with E-state index >= 15 is 0 Å². The molecule has 0 bridgehead atoms. The van der Waals surface area contributed by atoms with Gasteiger partial charge < -0.3 is 0 Å². The van der Waals surface area contributed by atoms with E-state index in [1.165, 1.54) is 44.6 Å². The van der Waals surface area contributed by atoms with Gasteiger partial charge in [0.2, 0.25) is 0 Å². The number of hydrogen-bond donors (Lipinski definition) is 0. The Morgan fingerprint density at radius 3 is 1.82 bits per heavy atom. The van der Waals surface area contributed by atoms with Gasteiger partial charge in [-0.1, -0.05) is 109 Å². The van der Waals surface area contributed by atoms with Crippen molar-refractivity contribution < 1.29 is 0 Å².